The van der Waals surface area contributed by atoms with Crippen molar-refractivity contribution in [2.24, 2.45) is 7.05 Å². The number of amides is 1. The quantitative estimate of drug-likeness (QED) is 0.497. The predicted octanol–water partition coefficient (Wildman–Crippen LogP) is 4.81. The molecule has 8 heteroatoms. The summed E-state index contributed by atoms with van der Waals surface area (Å²) in [6.45, 7) is 6.32. The number of anilines is 1. The molecule has 6 nitrogen and oxygen atoms in total. The third-order valence-electron chi connectivity index (χ3n) is 4.47. The lowest BCUT2D eigenvalue weighted by Gasteiger charge is -2.11. The maximum Gasteiger partial charge on any atom is 0.234 e. The van der Waals surface area contributed by atoms with E-state index in [-0.39, 0.29) is 11.7 Å². The topological polar surface area (TPSA) is 69.0 Å². The second kappa shape index (κ2) is 9.45. The van der Waals surface area contributed by atoms with E-state index in [0.29, 0.717) is 17.6 Å². The van der Waals surface area contributed by atoms with Gasteiger partial charge in [0.1, 0.15) is 12.4 Å². The van der Waals surface area contributed by atoms with Crippen molar-refractivity contribution in [3.63, 3.8) is 0 Å². The summed E-state index contributed by atoms with van der Waals surface area (Å²) in [5.41, 5.74) is 3.98. The van der Waals surface area contributed by atoms with Crippen molar-refractivity contribution in [1.82, 2.24) is 14.8 Å². The lowest BCUT2D eigenvalue weighted by molar-refractivity contribution is -0.113. The fourth-order valence-corrected chi connectivity index (χ4v) is 4.05. The van der Waals surface area contributed by atoms with Crippen LogP contribution in [0.25, 0.3) is 0 Å². The Labute approximate surface area is 183 Å². The molecule has 3 aromatic rings. The van der Waals surface area contributed by atoms with Gasteiger partial charge in [-0.25, -0.2) is 0 Å². The van der Waals surface area contributed by atoms with Gasteiger partial charge in [-0.3, -0.25) is 4.79 Å². The van der Waals surface area contributed by atoms with Crippen LogP contribution in [-0.2, 0) is 18.4 Å². The molecule has 0 saturated heterocycles. The zero-order valence-corrected chi connectivity index (χ0v) is 19.2. The average Bonchev–Trinajstić information content (AvgIpc) is 3.02. The number of rotatable bonds is 7. The number of nitrogens with one attached hydrogen (secondary N) is 1. The third-order valence-corrected chi connectivity index (χ3v) is 5.99. The van der Waals surface area contributed by atoms with Crippen molar-refractivity contribution in [2.75, 3.05) is 11.1 Å². The Kier molecular flexibility index (Phi) is 6.97. The van der Waals surface area contributed by atoms with E-state index in [2.05, 4.69) is 31.4 Å². The van der Waals surface area contributed by atoms with Gasteiger partial charge in [0.15, 0.2) is 11.0 Å². The minimum absolute atomic E-state index is 0.0863. The van der Waals surface area contributed by atoms with Gasteiger partial charge in [0.25, 0.3) is 0 Å². The number of ether oxygens (including phenoxy) is 1. The van der Waals surface area contributed by atoms with E-state index >= 15 is 0 Å². The molecular weight excluding hydrogens is 452 g/mol. The van der Waals surface area contributed by atoms with Crippen molar-refractivity contribution < 1.29 is 9.53 Å². The molecule has 0 radical (unpaired) electrons. The highest BCUT2D eigenvalue weighted by Crippen LogP contribution is 2.24. The van der Waals surface area contributed by atoms with Crippen molar-refractivity contribution in [3.05, 3.63) is 63.4 Å². The number of carbonyl (C=O) groups excluding carboxylic acids is 1. The number of para-hydroxylation sites is 1. The minimum Gasteiger partial charge on any atom is -0.485 e. The highest BCUT2D eigenvalue weighted by atomic mass is 79.9. The molecule has 1 aromatic heterocycles. The van der Waals surface area contributed by atoms with E-state index in [0.717, 1.165) is 32.6 Å². The predicted molar refractivity (Wildman–Crippen MR) is 119 cm³/mol. The molecule has 0 aliphatic rings. The fourth-order valence-electron chi connectivity index (χ4n) is 2.84. The second-order valence-electron chi connectivity index (χ2n) is 6.76. The van der Waals surface area contributed by atoms with Crippen molar-refractivity contribution in [3.8, 4) is 5.75 Å². The molecule has 0 saturated carbocycles. The summed E-state index contributed by atoms with van der Waals surface area (Å²) in [5, 5.41) is 12.0. The van der Waals surface area contributed by atoms with E-state index < -0.39 is 0 Å². The monoisotopic (exact) mass is 474 g/mol. The zero-order valence-electron chi connectivity index (χ0n) is 16.8. The fraction of sp³-hybridized carbons (Fsp3) is 0.286. The SMILES string of the molecule is Cc1cc(Br)ccc1NC(=O)CSc1nnc(COc2c(C)cccc2C)n1C. The van der Waals surface area contributed by atoms with Crippen LogP contribution in [0, 0.1) is 20.8 Å². The molecule has 1 N–H and O–H groups in total. The summed E-state index contributed by atoms with van der Waals surface area (Å²) < 4.78 is 8.80. The van der Waals surface area contributed by atoms with Crippen LogP contribution in [-0.4, -0.2) is 26.4 Å². The second-order valence-corrected chi connectivity index (χ2v) is 8.62. The van der Waals surface area contributed by atoms with Crippen molar-refractivity contribution in [2.45, 2.75) is 32.5 Å². The number of aromatic nitrogens is 3. The van der Waals surface area contributed by atoms with Gasteiger partial charge in [0.05, 0.1) is 5.75 Å². The average molecular weight is 475 g/mol. The first kappa shape index (κ1) is 21.4. The van der Waals surface area contributed by atoms with Crippen LogP contribution >= 0.6 is 27.7 Å². The number of aryl methyl sites for hydroxylation is 3. The number of hydrogen-bond acceptors (Lipinski definition) is 5. The van der Waals surface area contributed by atoms with Crippen molar-refractivity contribution >= 4 is 39.3 Å². The standard InChI is InChI=1S/C21H23BrN4O2S/c1-13-6-5-7-14(2)20(13)28-11-18-24-25-21(26(18)4)29-12-19(27)23-17-9-8-16(22)10-15(17)3/h5-10H,11-12H2,1-4H3,(H,23,27). The number of carbonyl (C=O) groups is 1. The third kappa shape index (κ3) is 5.39. The van der Waals surface area contributed by atoms with Crippen LogP contribution in [0.1, 0.15) is 22.5 Å². The van der Waals surface area contributed by atoms with E-state index in [1.165, 1.54) is 11.8 Å². The summed E-state index contributed by atoms with van der Waals surface area (Å²) in [6, 6.07) is 11.8. The largest absolute Gasteiger partial charge is 0.485 e. The van der Waals surface area contributed by atoms with E-state index in [4.69, 9.17) is 4.74 Å². The van der Waals surface area contributed by atoms with Crippen molar-refractivity contribution in [1.29, 1.82) is 0 Å². The maximum atomic E-state index is 12.3. The summed E-state index contributed by atoms with van der Waals surface area (Å²) in [4.78, 5) is 12.3. The molecule has 29 heavy (non-hydrogen) atoms. The highest BCUT2D eigenvalue weighted by Gasteiger charge is 2.13. The summed E-state index contributed by atoms with van der Waals surface area (Å²) in [6.07, 6.45) is 0. The smallest absolute Gasteiger partial charge is 0.234 e. The van der Waals surface area contributed by atoms with Gasteiger partial charge in [0.2, 0.25) is 5.91 Å². The van der Waals surface area contributed by atoms with Gasteiger partial charge in [-0.2, -0.15) is 0 Å². The Hall–Kier alpha value is -2.32. The molecule has 0 bridgehead atoms. The Morgan fingerprint density at radius 1 is 1.14 bits per heavy atom. The van der Waals surface area contributed by atoms with E-state index in [9.17, 15) is 4.79 Å². The Bertz CT molecular complexity index is 1020. The first-order valence-corrected chi connectivity index (χ1v) is 10.9. The van der Waals surface area contributed by atoms with Crippen LogP contribution in [0.5, 0.6) is 5.75 Å². The molecule has 0 aliphatic carbocycles. The number of hydrogen-bond donors (Lipinski definition) is 1. The summed E-state index contributed by atoms with van der Waals surface area (Å²) in [5.74, 6) is 1.74. The minimum atomic E-state index is -0.0863. The van der Waals surface area contributed by atoms with Crippen LogP contribution in [0.4, 0.5) is 5.69 Å². The molecule has 1 amide bonds. The number of nitrogens with zero attached hydrogens (tertiary/aromatic N) is 3. The molecule has 0 fully saturated rings. The van der Waals surface area contributed by atoms with Gasteiger partial charge in [-0.05, 0) is 55.7 Å². The molecule has 0 aliphatic heterocycles. The van der Waals surface area contributed by atoms with E-state index in [1.54, 1.807) is 0 Å². The van der Waals surface area contributed by atoms with Gasteiger partial charge in [0, 0.05) is 17.2 Å². The highest BCUT2D eigenvalue weighted by molar-refractivity contribution is 9.10. The molecular formula is C21H23BrN4O2S. The molecule has 0 atom stereocenters. The molecule has 0 unspecified atom stereocenters. The molecule has 1 heterocycles. The van der Waals surface area contributed by atoms with Gasteiger partial charge in [-0.1, -0.05) is 45.9 Å². The maximum absolute atomic E-state index is 12.3. The summed E-state index contributed by atoms with van der Waals surface area (Å²) >= 11 is 4.77. The zero-order chi connectivity index (χ0) is 21.0. The van der Waals surface area contributed by atoms with Crippen LogP contribution in [0.3, 0.4) is 0 Å². The van der Waals surface area contributed by atoms with Gasteiger partial charge >= 0.3 is 0 Å². The summed E-state index contributed by atoms with van der Waals surface area (Å²) in [7, 11) is 1.88. The van der Waals surface area contributed by atoms with Crippen LogP contribution in [0.2, 0.25) is 0 Å². The van der Waals surface area contributed by atoms with Gasteiger partial charge in [-0.15, -0.1) is 10.2 Å². The first-order chi connectivity index (χ1) is 13.8. The number of benzene rings is 2. The van der Waals surface area contributed by atoms with Gasteiger partial charge < -0.3 is 14.6 Å². The Morgan fingerprint density at radius 3 is 2.55 bits per heavy atom. The first-order valence-electron chi connectivity index (χ1n) is 9.11. The van der Waals surface area contributed by atoms with E-state index in [1.807, 2.05) is 68.8 Å². The molecule has 2 aromatic carbocycles. The molecule has 0 spiro atoms. The molecule has 152 valence electrons. The molecule has 3 rings (SSSR count). The Balaban J connectivity index is 1.57. The normalized spacial score (nSPS) is 10.8. The number of thioether (sulfide) groups is 1. The van der Waals surface area contributed by atoms with Crippen LogP contribution in [0.15, 0.2) is 46.0 Å². The van der Waals surface area contributed by atoms with Crippen LogP contribution < -0.4 is 10.1 Å². The number of halogens is 1. The Morgan fingerprint density at radius 2 is 1.86 bits per heavy atom. The lowest BCUT2D eigenvalue weighted by atomic mass is 10.1. The lowest BCUT2D eigenvalue weighted by Crippen LogP contribution is -2.15.